The molecule has 1 amide bonds. The first-order chi connectivity index (χ1) is 12.6. The first-order valence-electron chi connectivity index (χ1n) is 8.17. The van der Waals surface area contributed by atoms with Gasteiger partial charge in [-0.3, -0.25) is 14.1 Å². The third-order valence-electron chi connectivity index (χ3n) is 4.30. The highest BCUT2D eigenvalue weighted by atomic mass is 32.1. The zero-order valence-electron chi connectivity index (χ0n) is 13.8. The Balaban J connectivity index is 1.55. The van der Waals surface area contributed by atoms with Gasteiger partial charge in [0.15, 0.2) is 11.6 Å². The number of hydrogen-bond acceptors (Lipinski definition) is 6. The van der Waals surface area contributed by atoms with Crippen LogP contribution in [0.2, 0.25) is 0 Å². The summed E-state index contributed by atoms with van der Waals surface area (Å²) in [7, 11) is 0. The van der Waals surface area contributed by atoms with Crippen LogP contribution in [0.25, 0.3) is 10.7 Å². The largest absolute Gasteiger partial charge is 0.442 e. The number of benzene rings is 1. The number of anilines is 1. The Morgan fingerprint density at radius 1 is 1.19 bits per heavy atom. The van der Waals surface area contributed by atoms with E-state index in [2.05, 4.69) is 5.16 Å². The van der Waals surface area contributed by atoms with Crippen LogP contribution in [-0.4, -0.2) is 28.0 Å². The second kappa shape index (κ2) is 6.72. The number of rotatable bonds is 5. The molecule has 1 fully saturated rings. The van der Waals surface area contributed by atoms with E-state index in [1.165, 1.54) is 15.9 Å². The van der Waals surface area contributed by atoms with Crippen LogP contribution in [0, 0.1) is 0 Å². The molecule has 0 unspecified atom stereocenters. The van der Waals surface area contributed by atoms with Crippen molar-refractivity contribution in [3.05, 3.63) is 57.9 Å². The summed E-state index contributed by atoms with van der Waals surface area (Å²) < 4.78 is 5.95. The Kier molecular flexibility index (Phi) is 4.26. The van der Waals surface area contributed by atoms with Crippen molar-refractivity contribution in [2.45, 2.75) is 19.4 Å². The average Bonchev–Trinajstić information content (AvgIpc) is 3.38. The van der Waals surface area contributed by atoms with Crippen LogP contribution in [-0.2, 0) is 11.3 Å². The van der Waals surface area contributed by atoms with E-state index in [0.29, 0.717) is 24.4 Å². The van der Waals surface area contributed by atoms with Crippen molar-refractivity contribution in [3.63, 3.8) is 0 Å². The maximum Gasteiger partial charge on any atom is 0.442 e. The molecule has 0 aliphatic carbocycles. The van der Waals surface area contributed by atoms with E-state index in [4.69, 9.17) is 4.52 Å². The molecule has 3 heterocycles. The van der Waals surface area contributed by atoms with Gasteiger partial charge in [0.25, 0.3) is 0 Å². The highest BCUT2D eigenvalue weighted by Gasteiger charge is 2.22. The van der Waals surface area contributed by atoms with Crippen LogP contribution in [0.3, 0.4) is 0 Å². The molecule has 0 saturated carbocycles. The third kappa shape index (κ3) is 2.99. The fourth-order valence-electron chi connectivity index (χ4n) is 2.97. The van der Waals surface area contributed by atoms with Gasteiger partial charge in [0.2, 0.25) is 5.91 Å². The number of amides is 1. The maximum absolute atomic E-state index is 12.6. The van der Waals surface area contributed by atoms with Crippen molar-refractivity contribution in [3.8, 4) is 10.7 Å². The van der Waals surface area contributed by atoms with E-state index in [1.807, 2.05) is 17.5 Å². The van der Waals surface area contributed by atoms with Crippen LogP contribution in [0.5, 0.6) is 0 Å². The highest BCUT2D eigenvalue weighted by molar-refractivity contribution is 7.13. The topological polar surface area (TPSA) is 85.4 Å². The molecule has 3 aromatic rings. The molecule has 1 aliphatic rings. The van der Waals surface area contributed by atoms with Gasteiger partial charge in [-0.1, -0.05) is 11.2 Å². The lowest BCUT2D eigenvalue weighted by Crippen LogP contribution is -2.24. The van der Waals surface area contributed by atoms with E-state index in [9.17, 15) is 14.4 Å². The predicted octanol–water partition coefficient (Wildman–Crippen LogP) is 2.57. The predicted molar refractivity (Wildman–Crippen MR) is 96.4 cm³/mol. The van der Waals surface area contributed by atoms with Gasteiger partial charge in [0.1, 0.15) is 0 Å². The summed E-state index contributed by atoms with van der Waals surface area (Å²) in [6.07, 6.45) is 1.41. The fourth-order valence-corrected chi connectivity index (χ4v) is 3.69. The van der Waals surface area contributed by atoms with E-state index < -0.39 is 5.76 Å². The highest BCUT2D eigenvalue weighted by Crippen LogP contribution is 2.23. The van der Waals surface area contributed by atoms with Crippen molar-refractivity contribution in [2.75, 3.05) is 11.4 Å². The molecule has 1 aliphatic heterocycles. The first-order valence-corrected chi connectivity index (χ1v) is 9.05. The van der Waals surface area contributed by atoms with Crippen molar-refractivity contribution >= 4 is 28.7 Å². The second-order valence-corrected chi connectivity index (χ2v) is 6.90. The molecule has 0 radical (unpaired) electrons. The smallest absolute Gasteiger partial charge is 0.312 e. The lowest BCUT2D eigenvalue weighted by Gasteiger charge is -2.15. The van der Waals surface area contributed by atoms with Gasteiger partial charge in [-0.05, 0) is 42.1 Å². The second-order valence-electron chi connectivity index (χ2n) is 5.95. The Morgan fingerprint density at radius 2 is 2.00 bits per heavy atom. The van der Waals surface area contributed by atoms with Crippen molar-refractivity contribution in [1.82, 2.24) is 9.72 Å². The molecular weight excluding hydrogens is 354 g/mol. The summed E-state index contributed by atoms with van der Waals surface area (Å²) in [6.45, 7) is 0.546. The van der Waals surface area contributed by atoms with Crippen LogP contribution >= 0.6 is 11.3 Å². The van der Waals surface area contributed by atoms with Gasteiger partial charge >= 0.3 is 5.76 Å². The van der Waals surface area contributed by atoms with Crippen molar-refractivity contribution in [2.24, 2.45) is 0 Å². The summed E-state index contributed by atoms with van der Waals surface area (Å²) >= 11 is 1.41. The van der Waals surface area contributed by atoms with Gasteiger partial charge in [0.05, 0.1) is 11.4 Å². The zero-order valence-corrected chi connectivity index (χ0v) is 14.6. The number of carbonyl (C=O) groups excluding carboxylic acids is 2. The molecule has 8 heteroatoms. The molecule has 26 heavy (non-hydrogen) atoms. The number of ketones is 1. The number of hydrogen-bond donors (Lipinski definition) is 0. The lowest BCUT2D eigenvalue weighted by atomic mass is 10.1. The summed E-state index contributed by atoms with van der Waals surface area (Å²) in [6, 6.07) is 10.5. The van der Waals surface area contributed by atoms with Crippen LogP contribution in [0.4, 0.5) is 5.69 Å². The Hall–Kier alpha value is -3.00. The van der Waals surface area contributed by atoms with Gasteiger partial charge in [0, 0.05) is 24.2 Å². The normalized spacial score (nSPS) is 14.2. The standard InChI is InChI=1S/C18H15N3O4S/c22-14(11-21-17(19-25-18(21)24)15-3-2-10-26-15)12-5-7-13(8-6-12)20-9-1-4-16(20)23/h2-3,5-8,10H,1,4,9,11H2. The molecule has 132 valence electrons. The number of carbonyl (C=O) groups is 2. The Morgan fingerprint density at radius 3 is 2.65 bits per heavy atom. The van der Waals surface area contributed by atoms with Crippen molar-refractivity contribution in [1.29, 1.82) is 0 Å². The van der Waals surface area contributed by atoms with Crippen LogP contribution in [0.15, 0.2) is 51.1 Å². The molecular formula is C18H15N3O4S. The minimum Gasteiger partial charge on any atom is -0.312 e. The van der Waals surface area contributed by atoms with E-state index in [0.717, 1.165) is 17.0 Å². The molecule has 0 atom stereocenters. The minimum atomic E-state index is -0.666. The fraction of sp³-hybridized carbons (Fsp3) is 0.222. The summed E-state index contributed by atoms with van der Waals surface area (Å²) in [5, 5.41) is 5.63. The van der Waals surface area contributed by atoms with Gasteiger partial charge in [-0.25, -0.2) is 9.36 Å². The number of thiophene rings is 1. The van der Waals surface area contributed by atoms with Gasteiger partial charge in [-0.2, -0.15) is 0 Å². The minimum absolute atomic E-state index is 0.0979. The molecule has 1 saturated heterocycles. The van der Waals surface area contributed by atoms with Crippen LogP contribution in [0.1, 0.15) is 23.2 Å². The van der Waals surface area contributed by atoms with Crippen LogP contribution < -0.4 is 10.7 Å². The average molecular weight is 369 g/mol. The zero-order chi connectivity index (χ0) is 18.1. The molecule has 0 bridgehead atoms. The Bertz CT molecular complexity index is 1000. The lowest BCUT2D eigenvalue weighted by molar-refractivity contribution is -0.117. The van der Waals surface area contributed by atoms with Gasteiger partial charge < -0.3 is 4.90 Å². The molecule has 0 N–H and O–H groups in total. The molecule has 1 aromatic carbocycles. The van der Waals surface area contributed by atoms with Crippen molar-refractivity contribution < 1.29 is 14.1 Å². The number of aromatic nitrogens is 2. The number of nitrogens with zero attached hydrogens (tertiary/aromatic N) is 3. The molecule has 7 nitrogen and oxygen atoms in total. The van der Waals surface area contributed by atoms with E-state index in [1.54, 1.807) is 29.2 Å². The molecule has 4 rings (SSSR count). The summed E-state index contributed by atoms with van der Waals surface area (Å²) in [5.74, 6) is -0.452. The summed E-state index contributed by atoms with van der Waals surface area (Å²) in [5.41, 5.74) is 1.25. The SMILES string of the molecule is O=C(Cn1c(-c2cccs2)noc1=O)c1ccc(N2CCCC2=O)cc1. The van der Waals surface area contributed by atoms with E-state index in [-0.39, 0.29) is 18.2 Å². The number of Topliss-reactive ketones (excluding diaryl/α,β-unsaturated/α-hetero) is 1. The third-order valence-corrected chi connectivity index (χ3v) is 5.17. The Labute approximate surface area is 152 Å². The van der Waals surface area contributed by atoms with E-state index >= 15 is 0 Å². The maximum atomic E-state index is 12.6. The summed E-state index contributed by atoms with van der Waals surface area (Å²) in [4.78, 5) is 38.8. The quantitative estimate of drug-likeness (QED) is 0.645. The molecule has 0 spiro atoms. The monoisotopic (exact) mass is 369 g/mol. The first kappa shape index (κ1) is 16.5. The molecule has 2 aromatic heterocycles. The van der Waals surface area contributed by atoms with Gasteiger partial charge in [-0.15, -0.1) is 11.3 Å².